The highest BCUT2D eigenvalue weighted by Gasteiger charge is 2.33. The Bertz CT molecular complexity index is 1980. The van der Waals surface area contributed by atoms with E-state index in [0.29, 0.717) is 47.7 Å². The molecule has 12 heteroatoms. The molecule has 44 heavy (non-hydrogen) atoms. The third-order valence-corrected chi connectivity index (χ3v) is 8.54. The summed E-state index contributed by atoms with van der Waals surface area (Å²) in [5, 5.41) is 11.1. The van der Waals surface area contributed by atoms with Gasteiger partial charge in [-0.3, -0.25) is 19.5 Å². The van der Waals surface area contributed by atoms with Gasteiger partial charge < -0.3 is 14.2 Å². The predicted octanol–water partition coefficient (Wildman–Crippen LogP) is 5.37. The third-order valence-electron chi connectivity index (χ3n) is 6.96. The van der Waals surface area contributed by atoms with Crippen molar-refractivity contribution in [3.05, 3.63) is 128 Å². The van der Waals surface area contributed by atoms with E-state index in [1.54, 1.807) is 48.8 Å². The van der Waals surface area contributed by atoms with Gasteiger partial charge in [-0.15, -0.1) is 0 Å². The molecule has 0 bridgehead atoms. The lowest BCUT2D eigenvalue weighted by Crippen LogP contribution is -2.39. The Kier molecular flexibility index (Phi) is 9.12. The van der Waals surface area contributed by atoms with E-state index < -0.39 is 16.9 Å². The fourth-order valence-electron chi connectivity index (χ4n) is 4.89. The van der Waals surface area contributed by atoms with Crippen molar-refractivity contribution in [1.29, 1.82) is 0 Å². The van der Waals surface area contributed by atoms with E-state index in [4.69, 9.17) is 14.2 Å². The molecule has 2 heterocycles. The molecular weight excluding hydrogens is 650 g/mol. The Hall–Kier alpha value is -4.55. The van der Waals surface area contributed by atoms with Crippen molar-refractivity contribution in [2.24, 2.45) is 4.99 Å². The minimum atomic E-state index is -0.695. The molecule has 0 spiro atoms. The number of rotatable bonds is 9. The molecule has 1 aliphatic rings. The molecule has 0 saturated heterocycles. The first-order valence-electron chi connectivity index (χ1n) is 13.6. The number of ether oxygens (including phenoxy) is 3. The van der Waals surface area contributed by atoms with E-state index in [9.17, 15) is 19.7 Å². The van der Waals surface area contributed by atoms with Gasteiger partial charge in [0.15, 0.2) is 16.3 Å². The largest absolute Gasteiger partial charge is 0.493 e. The number of methoxy groups -OCH3 is 1. The first kappa shape index (κ1) is 30.9. The van der Waals surface area contributed by atoms with Crippen molar-refractivity contribution in [3.63, 3.8) is 0 Å². The third kappa shape index (κ3) is 6.22. The van der Waals surface area contributed by atoms with Crippen molar-refractivity contribution < 1.29 is 23.9 Å². The Morgan fingerprint density at radius 3 is 2.59 bits per heavy atom. The van der Waals surface area contributed by atoms with Gasteiger partial charge in [0.1, 0.15) is 6.61 Å². The fraction of sp³-hybridized carbons (Fsp3) is 0.219. The summed E-state index contributed by atoms with van der Waals surface area (Å²) in [7, 11) is 1.50. The molecule has 4 aromatic rings. The molecule has 0 aliphatic carbocycles. The van der Waals surface area contributed by atoms with Crippen molar-refractivity contribution in [3.8, 4) is 11.5 Å². The molecule has 5 rings (SSSR count). The van der Waals surface area contributed by atoms with Gasteiger partial charge in [0, 0.05) is 12.1 Å². The van der Waals surface area contributed by atoms with Gasteiger partial charge >= 0.3 is 5.97 Å². The summed E-state index contributed by atoms with van der Waals surface area (Å²) in [5.74, 6) is 0.302. The summed E-state index contributed by atoms with van der Waals surface area (Å²) >= 11 is 4.76. The van der Waals surface area contributed by atoms with Crippen LogP contribution in [-0.4, -0.2) is 29.2 Å². The monoisotopic (exact) mass is 677 g/mol. The summed E-state index contributed by atoms with van der Waals surface area (Å²) in [4.78, 5) is 42.8. The van der Waals surface area contributed by atoms with Crippen molar-refractivity contribution >= 4 is 45.0 Å². The maximum absolute atomic E-state index is 13.9. The van der Waals surface area contributed by atoms with Gasteiger partial charge in [-0.1, -0.05) is 53.3 Å². The number of nitro benzene ring substituents is 1. The predicted molar refractivity (Wildman–Crippen MR) is 170 cm³/mol. The Balaban J connectivity index is 1.55. The number of allylic oxidation sites excluding steroid dienone is 1. The van der Waals surface area contributed by atoms with E-state index in [1.807, 2.05) is 31.2 Å². The van der Waals surface area contributed by atoms with Crippen LogP contribution in [0.3, 0.4) is 0 Å². The second-order valence-corrected chi connectivity index (χ2v) is 11.8. The summed E-state index contributed by atoms with van der Waals surface area (Å²) in [6.07, 6.45) is 1.73. The molecule has 0 amide bonds. The molecule has 1 aliphatic heterocycles. The smallest absolute Gasteiger partial charge is 0.338 e. The number of aromatic nitrogens is 1. The number of non-ortho nitro benzene ring substituents is 1. The van der Waals surface area contributed by atoms with Crippen LogP contribution in [0.4, 0.5) is 5.69 Å². The number of carbonyl (C=O) groups excluding carboxylic acids is 1. The maximum atomic E-state index is 13.9. The van der Waals surface area contributed by atoms with Gasteiger partial charge in [-0.05, 0) is 71.6 Å². The number of nitro groups is 1. The minimum Gasteiger partial charge on any atom is -0.493 e. The number of hydrogen-bond donors (Lipinski definition) is 0. The summed E-state index contributed by atoms with van der Waals surface area (Å²) in [5.41, 5.74) is 3.61. The molecular formula is C32H28BrN3O7S. The van der Waals surface area contributed by atoms with E-state index in [2.05, 4.69) is 20.9 Å². The molecule has 0 N–H and O–H groups in total. The topological polar surface area (TPSA) is 122 Å². The van der Waals surface area contributed by atoms with Crippen LogP contribution in [0.25, 0.3) is 6.08 Å². The lowest BCUT2D eigenvalue weighted by Gasteiger charge is -2.24. The van der Waals surface area contributed by atoms with Crippen LogP contribution in [0.15, 0.2) is 86.2 Å². The van der Waals surface area contributed by atoms with Crippen molar-refractivity contribution in [2.75, 3.05) is 13.7 Å². The first-order valence-corrected chi connectivity index (χ1v) is 15.2. The standard InChI is InChI=1S/C32H28BrN3O7S/c1-5-42-31(38)27-19(3)34-32-35(28(27)22-11-9-18(2)10-12-22)30(37)26(44-32)16-21-14-24(33)29(25(15-21)41-4)43-17-20-7-6-8-23(13-20)36(39)40/h6-16,28H,5,17H2,1-4H3/b26-16+/t28-/m0/s1. The highest BCUT2D eigenvalue weighted by Crippen LogP contribution is 2.37. The van der Waals surface area contributed by atoms with Crippen LogP contribution in [0.1, 0.15) is 42.1 Å². The molecule has 0 fully saturated rings. The molecule has 0 saturated carbocycles. The quantitative estimate of drug-likeness (QED) is 0.133. The zero-order valence-electron chi connectivity index (χ0n) is 24.3. The first-order chi connectivity index (χ1) is 21.1. The second-order valence-electron chi connectivity index (χ2n) is 9.96. The summed E-state index contributed by atoms with van der Waals surface area (Å²) in [6, 6.07) is 16.7. The Morgan fingerprint density at radius 1 is 1.16 bits per heavy atom. The number of benzene rings is 3. The second kappa shape index (κ2) is 13.0. The van der Waals surface area contributed by atoms with Gasteiger partial charge in [0.05, 0.1) is 45.0 Å². The van der Waals surface area contributed by atoms with Crippen LogP contribution in [-0.2, 0) is 16.1 Å². The van der Waals surface area contributed by atoms with E-state index in [-0.39, 0.29) is 24.5 Å². The zero-order chi connectivity index (χ0) is 31.5. The van der Waals surface area contributed by atoms with Gasteiger partial charge in [0.25, 0.3) is 11.2 Å². The molecule has 10 nitrogen and oxygen atoms in total. The number of esters is 1. The van der Waals surface area contributed by atoms with Crippen LogP contribution >= 0.6 is 27.3 Å². The molecule has 226 valence electrons. The highest BCUT2D eigenvalue weighted by atomic mass is 79.9. The van der Waals surface area contributed by atoms with Gasteiger partial charge in [-0.2, -0.15) is 0 Å². The van der Waals surface area contributed by atoms with Crippen molar-refractivity contribution in [1.82, 2.24) is 4.57 Å². The summed E-state index contributed by atoms with van der Waals surface area (Å²) in [6.45, 7) is 5.73. The Morgan fingerprint density at radius 2 is 1.91 bits per heavy atom. The zero-order valence-corrected chi connectivity index (χ0v) is 26.7. The fourth-order valence-corrected chi connectivity index (χ4v) is 6.51. The average Bonchev–Trinajstić information content (AvgIpc) is 3.30. The number of fused-ring (bicyclic) bond motifs is 1. The highest BCUT2D eigenvalue weighted by molar-refractivity contribution is 9.10. The van der Waals surface area contributed by atoms with Gasteiger partial charge in [-0.25, -0.2) is 9.79 Å². The minimum absolute atomic E-state index is 0.0249. The average molecular weight is 679 g/mol. The lowest BCUT2D eigenvalue weighted by atomic mass is 9.95. The summed E-state index contributed by atoms with van der Waals surface area (Å²) < 4.78 is 19.5. The number of carbonyl (C=O) groups is 1. The van der Waals surface area contributed by atoms with Gasteiger partial charge in [0.2, 0.25) is 0 Å². The SMILES string of the molecule is CCOC(=O)C1=C(C)N=c2s/c(=C/c3cc(Br)c(OCc4cccc([N+](=O)[O-])c4)c(OC)c3)c(=O)n2[C@H]1c1ccc(C)cc1. The van der Waals surface area contributed by atoms with Crippen LogP contribution < -0.4 is 24.4 Å². The molecule has 1 aromatic heterocycles. The van der Waals surface area contributed by atoms with E-state index in [1.165, 1.54) is 30.6 Å². The molecule has 1 atom stereocenters. The lowest BCUT2D eigenvalue weighted by molar-refractivity contribution is -0.384. The van der Waals surface area contributed by atoms with Crippen LogP contribution in [0.5, 0.6) is 11.5 Å². The van der Waals surface area contributed by atoms with E-state index >= 15 is 0 Å². The molecule has 0 radical (unpaired) electrons. The van der Waals surface area contributed by atoms with Crippen LogP contribution in [0.2, 0.25) is 0 Å². The maximum Gasteiger partial charge on any atom is 0.338 e. The number of halogens is 1. The number of nitrogens with zero attached hydrogens (tertiary/aromatic N) is 3. The normalized spacial score (nSPS) is 14.6. The number of aryl methyl sites for hydroxylation is 1. The van der Waals surface area contributed by atoms with E-state index in [0.717, 1.165) is 11.1 Å². The van der Waals surface area contributed by atoms with Crippen molar-refractivity contribution in [2.45, 2.75) is 33.4 Å². The number of thiazole rings is 1. The number of hydrogen-bond acceptors (Lipinski definition) is 9. The molecule has 3 aromatic carbocycles. The van der Waals surface area contributed by atoms with Crippen LogP contribution in [0, 0.1) is 17.0 Å². The molecule has 0 unspecified atom stereocenters. The Labute approximate surface area is 264 Å².